The van der Waals surface area contributed by atoms with E-state index in [4.69, 9.17) is 33.2 Å². The molecule has 0 aliphatic carbocycles. The van der Waals surface area contributed by atoms with Crippen molar-refractivity contribution in [3.63, 3.8) is 0 Å². The van der Waals surface area contributed by atoms with E-state index in [1.54, 1.807) is 25.1 Å². The molecule has 8 heteroatoms. The van der Waals surface area contributed by atoms with Crippen LogP contribution in [-0.4, -0.2) is 40.1 Å². The van der Waals surface area contributed by atoms with E-state index in [9.17, 15) is 4.79 Å². The lowest BCUT2D eigenvalue weighted by molar-refractivity contribution is -0.157. The third-order valence-corrected chi connectivity index (χ3v) is 3.90. The largest absolute Gasteiger partial charge is 0.469 e. The van der Waals surface area contributed by atoms with Crippen LogP contribution in [0.3, 0.4) is 0 Å². The third-order valence-electron chi connectivity index (χ3n) is 3.90. The fourth-order valence-electron chi connectivity index (χ4n) is 2.03. The lowest BCUT2D eigenvalue weighted by Crippen LogP contribution is -2.34. The molecule has 8 nitrogen and oxygen atoms in total. The Balaban J connectivity index is 2.69. The minimum atomic E-state index is -0.738. The van der Waals surface area contributed by atoms with Gasteiger partial charge in [0.25, 0.3) is 0 Å². The molecule has 1 atom stereocenters. The summed E-state index contributed by atoms with van der Waals surface area (Å²) in [7, 11) is 1.35. The fraction of sp³-hybridized carbons (Fsp3) is 0.450. The molecule has 0 aliphatic rings. The van der Waals surface area contributed by atoms with Gasteiger partial charge in [0, 0.05) is 6.07 Å². The highest BCUT2D eigenvalue weighted by Gasteiger charge is 2.32. The number of ether oxygens (including phenoxy) is 7. The quantitative estimate of drug-likeness (QED) is 0.192. The van der Waals surface area contributed by atoms with Gasteiger partial charge in [0.15, 0.2) is 18.3 Å². The summed E-state index contributed by atoms with van der Waals surface area (Å²) in [4.78, 5) is 11.9. The number of carbonyl (C=O) groups excluding carboxylic acids is 1. The Morgan fingerprint density at radius 2 is 1.68 bits per heavy atom. The van der Waals surface area contributed by atoms with Gasteiger partial charge in [-0.15, -0.1) is 0 Å². The van der Waals surface area contributed by atoms with E-state index in [1.165, 1.54) is 19.6 Å². The van der Waals surface area contributed by atoms with Crippen molar-refractivity contribution in [3.8, 4) is 17.2 Å². The Hall–Kier alpha value is -2.87. The predicted molar refractivity (Wildman–Crippen MR) is 102 cm³/mol. The van der Waals surface area contributed by atoms with Crippen molar-refractivity contribution in [2.45, 2.75) is 20.3 Å². The molecule has 1 unspecified atom stereocenters. The normalized spacial score (nSPS) is 12.2. The first-order valence-corrected chi connectivity index (χ1v) is 8.64. The molecule has 0 spiro atoms. The summed E-state index contributed by atoms with van der Waals surface area (Å²) in [5.74, 6) is 0.977. The van der Waals surface area contributed by atoms with Gasteiger partial charge in [-0.05, 0) is 25.5 Å². The highest BCUT2D eigenvalue weighted by Crippen LogP contribution is 2.32. The van der Waals surface area contributed by atoms with Gasteiger partial charge >= 0.3 is 5.97 Å². The van der Waals surface area contributed by atoms with Crippen LogP contribution in [0.2, 0.25) is 0 Å². The minimum absolute atomic E-state index is 0.0124. The molecule has 1 rings (SSSR count). The van der Waals surface area contributed by atoms with Crippen LogP contribution in [0.25, 0.3) is 0 Å². The second-order valence-corrected chi connectivity index (χ2v) is 5.82. The molecule has 0 aliphatic heterocycles. The average Bonchev–Trinajstić information content (AvgIpc) is 2.71. The average molecular weight is 396 g/mol. The maximum absolute atomic E-state index is 11.9. The Kier molecular flexibility index (Phi) is 10.3. The zero-order valence-electron chi connectivity index (χ0n) is 16.6. The number of hydrogen-bond acceptors (Lipinski definition) is 8. The fourth-order valence-corrected chi connectivity index (χ4v) is 2.03. The van der Waals surface area contributed by atoms with Gasteiger partial charge in [0.05, 0.1) is 31.7 Å². The highest BCUT2D eigenvalue weighted by molar-refractivity contribution is 5.76. The van der Waals surface area contributed by atoms with E-state index < -0.39 is 5.41 Å². The molecule has 156 valence electrons. The standard InChI is InChI=1S/C20H28O8/c1-6-20(4,19(21)22-5)12-25-15-27-17-10-9-16(26-13-23-7-2)11-18(17)28-14-24-8-3/h7-11H,2-3,6,12-15H2,1,4-5H3. The predicted octanol–water partition coefficient (Wildman–Crippen LogP) is 3.62. The minimum Gasteiger partial charge on any atom is -0.469 e. The number of hydrogen-bond donors (Lipinski definition) is 0. The molecule has 0 fully saturated rings. The van der Waals surface area contributed by atoms with Crippen LogP contribution < -0.4 is 14.2 Å². The number of esters is 1. The molecule has 1 aromatic carbocycles. The third kappa shape index (κ3) is 7.40. The van der Waals surface area contributed by atoms with Crippen LogP contribution in [0.5, 0.6) is 17.2 Å². The van der Waals surface area contributed by atoms with Gasteiger partial charge in [0.1, 0.15) is 5.75 Å². The lowest BCUT2D eigenvalue weighted by Gasteiger charge is -2.24. The molecule has 0 heterocycles. The van der Waals surface area contributed by atoms with Gasteiger partial charge < -0.3 is 33.2 Å². The van der Waals surface area contributed by atoms with Crippen LogP contribution in [0.4, 0.5) is 0 Å². The van der Waals surface area contributed by atoms with Gasteiger partial charge in [-0.1, -0.05) is 20.1 Å². The van der Waals surface area contributed by atoms with Gasteiger partial charge in [-0.25, -0.2) is 0 Å². The maximum Gasteiger partial charge on any atom is 0.313 e. The molecule has 28 heavy (non-hydrogen) atoms. The molecular weight excluding hydrogens is 368 g/mol. The molecule has 0 saturated heterocycles. The van der Waals surface area contributed by atoms with Gasteiger partial charge in [-0.3, -0.25) is 4.79 Å². The van der Waals surface area contributed by atoms with Crippen LogP contribution in [-0.2, 0) is 23.7 Å². The summed E-state index contributed by atoms with van der Waals surface area (Å²) in [5.41, 5.74) is -0.738. The molecular formula is C20H28O8. The first-order valence-electron chi connectivity index (χ1n) is 8.64. The molecule has 0 N–H and O–H groups in total. The Labute approximate surface area is 165 Å². The van der Waals surface area contributed by atoms with Gasteiger partial charge in [-0.2, -0.15) is 0 Å². The van der Waals surface area contributed by atoms with E-state index >= 15 is 0 Å². The van der Waals surface area contributed by atoms with E-state index in [0.717, 1.165) is 0 Å². The van der Waals surface area contributed by atoms with Crippen LogP contribution in [0.1, 0.15) is 20.3 Å². The number of carbonyl (C=O) groups is 1. The maximum atomic E-state index is 11.9. The number of rotatable bonds is 15. The van der Waals surface area contributed by atoms with Crippen molar-refractivity contribution in [3.05, 3.63) is 43.9 Å². The number of benzene rings is 1. The van der Waals surface area contributed by atoms with Crippen molar-refractivity contribution < 1.29 is 38.0 Å². The van der Waals surface area contributed by atoms with Crippen molar-refractivity contribution in [1.29, 1.82) is 0 Å². The van der Waals surface area contributed by atoms with Crippen LogP contribution in [0, 0.1) is 5.41 Å². The summed E-state index contributed by atoms with van der Waals surface area (Å²) in [6.07, 6.45) is 3.12. The summed E-state index contributed by atoms with van der Waals surface area (Å²) in [5, 5.41) is 0. The Morgan fingerprint density at radius 1 is 1.04 bits per heavy atom. The van der Waals surface area contributed by atoms with E-state index in [2.05, 4.69) is 13.2 Å². The molecule has 0 amide bonds. The number of methoxy groups -OCH3 is 1. The monoisotopic (exact) mass is 396 g/mol. The van der Waals surface area contributed by atoms with Crippen molar-refractivity contribution in [2.24, 2.45) is 5.41 Å². The van der Waals surface area contributed by atoms with Crippen molar-refractivity contribution >= 4 is 5.97 Å². The zero-order chi connectivity index (χ0) is 20.8. The van der Waals surface area contributed by atoms with Gasteiger partial charge in [0.2, 0.25) is 13.6 Å². The highest BCUT2D eigenvalue weighted by atomic mass is 16.7. The van der Waals surface area contributed by atoms with Crippen LogP contribution >= 0.6 is 0 Å². The Bertz CT molecular complexity index is 631. The Morgan fingerprint density at radius 3 is 2.29 bits per heavy atom. The lowest BCUT2D eigenvalue weighted by atomic mass is 9.89. The zero-order valence-corrected chi connectivity index (χ0v) is 16.6. The second kappa shape index (κ2) is 12.5. The van der Waals surface area contributed by atoms with Crippen molar-refractivity contribution in [1.82, 2.24) is 0 Å². The SMILES string of the molecule is C=COCOc1ccc(OCOCC(C)(CC)C(=O)OC)c(OCOC=C)c1. The first-order chi connectivity index (χ1) is 13.5. The smallest absolute Gasteiger partial charge is 0.313 e. The molecule has 0 radical (unpaired) electrons. The molecule has 1 aromatic rings. The van der Waals surface area contributed by atoms with Crippen molar-refractivity contribution in [2.75, 3.05) is 34.1 Å². The van der Waals surface area contributed by atoms with E-state index in [0.29, 0.717) is 23.7 Å². The van der Waals surface area contributed by atoms with E-state index in [-0.39, 0.29) is 33.0 Å². The molecule has 0 aromatic heterocycles. The second-order valence-electron chi connectivity index (χ2n) is 5.82. The molecule has 0 bridgehead atoms. The summed E-state index contributed by atoms with van der Waals surface area (Å²) in [6, 6.07) is 4.97. The first kappa shape index (κ1) is 23.2. The van der Waals surface area contributed by atoms with E-state index in [1.807, 2.05) is 6.92 Å². The molecule has 0 saturated carbocycles. The summed E-state index contributed by atoms with van der Waals surface area (Å²) >= 11 is 0. The topological polar surface area (TPSA) is 81.7 Å². The van der Waals surface area contributed by atoms with Crippen LogP contribution in [0.15, 0.2) is 43.9 Å². The summed E-state index contributed by atoms with van der Waals surface area (Å²) in [6.45, 7) is 10.6. The summed E-state index contributed by atoms with van der Waals surface area (Å²) < 4.78 is 36.8.